The minimum Gasteiger partial charge on any atom is -0.342 e. The lowest BCUT2D eigenvalue weighted by molar-refractivity contribution is -0.113. The highest BCUT2D eigenvalue weighted by molar-refractivity contribution is 7.99. The second-order valence-corrected chi connectivity index (χ2v) is 10.1. The zero-order valence-electron chi connectivity index (χ0n) is 19.1. The molecule has 184 valence electrons. The van der Waals surface area contributed by atoms with Crippen molar-refractivity contribution in [1.82, 2.24) is 20.1 Å². The molecule has 0 spiro atoms. The Morgan fingerprint density at radius 2 is 1.80 bits per heavy atom. The van der Waals surface area contributed by atoms with Crippen molar-refractivity contribution in [3.8, 4) is 0 Å². The van der Waals surface area contributed by atoms with E-state index in [0.29, 0.717) is 43.8 Å². The van der Waals surface area contributed by atoms with E-state index in [1.807, 2.05) is 18.4 Å². The number of hydrogen-bond acceptors (Lipinski definition) is 5. The third-order valence-electron chi connectivity index (χ3n) is 4.89. The van der Waals surface area contributed by atoms with Crippen LogP contribution in [0.15, 0.2) is 60.3 Å². The van der Waals surface area contributed by atoms with Gasteiger partial charge in [0.2, 0.25) is 5.91 Å². The van der Waals surface area contributed by atoms with E-state index >= 15 is 0 Å². The van der Waals surface area contributed by atoms with Crippen LogP contribution in [0, 0.1) is 5.92 Å². The molecule has 0 aliphatic rings. The molecular formula is C24H24Cl3N5O2S. The van der Waals surface area contributed by atoms with Crippen LogP contribution in [-0.2, 0) is 11.3 Å². The topological polar surface area (TPSA) is 88.9 Å². The van der Waals surface area contributed by atoms with Crippen LogP contribution in [0.2, 0.25) is 15.1 Å². The summed E-state index contributed by atoms with van der Waals surface area (Å²) in [5.41, 5.74) is 0.880. The quantitative estimate of drug-likeness (QED) is 0.228. The molecule has 0 saturated carbocycles. The SMILES string of the molecule is C=CCn1c(SCC(=O)Nc2cc(Cl)cc(Cl)c2)nnc1[C@H](NC(=O)c1ccccc1Cl)C(C)C. The molecular weight excluding hydrogens is 529 g/mol. The second-order valence-electron chi connectivity index (χ2n) is 7.91. The van der Waals surface area contributed by atoms with Gasteiger partial charge in [-0.1, -0.05) is 78.6 Å². The van der Waals surface area contributed by atoms with Crippen LogP contribution in [0.1, 0.15) is 36.1 Å². The maximum absolute atomic E-state index is 12.9. The summed E-state index contributed by atoms with van der Waals surface area (Å²) in [6, 6.07) is 11.2. The predicted molar refractivity (Wildman–Crippen MR) is 143 cm³/mol. The van der Waals surface area contributed by atoms with Crippen LogP contribution in [-0.4, -0.2) is 32.3 Å². The number of carbonyl (C=O) groups is 2. The van der Waals surface area contributed by atoms with Crippen LogP contribution < -0.4 is 10.6 Å². The van der Waals surface area contributed by atoms with E-state index in [4.69, 9.17) is 34.8 Å². The van der Waals surface area contributed by atoms with Gasteiger partial charge >= 0.3 is 0 Å². The van der Waals surface area contributed by atoms with Crippen LogP contribution in [0.5, 0.6) is 0 Å². The average Bonchev–Trinajstić information content (AvgIpc) is 3.17. The summed E-state index contributed by atoms with van der Waals surface area (Å²) < 4.78 is 1.83. The zero-order chi connectivity index (χ0) is 25.5. The lowest BCUT2D eigenvalue weighted by Gasteiger charge is -2.23. The highest BCUT2D eigenvalue weighted by Crippen LogP contribution is 2.27. The number of anilines is 1. The number of nitrogens with zero attached hydrogens (tertiary/aromatic N) is 3. The Bertz CT molecular complexity index is 1210. The lowest BCUT2D eigenvalue weighted by atomic mass is 10.0. The lowest BCUT2D eigenvalue weighted by Crippen LogP contribution is -2.34. The number of benzene rings is 2. The third kappa shape index (κ3) is 7.24. The summed E-state index contributed by atoms with van der Waals surface area (Å²) in [5, 5.41) is 16.1. The van der Waals surface area contributed by atoms with Crippen molar-refractivity contribution >= 4 is 64.1 Å². The first-order valence-electron chi connectivity index (χ1n) is 10.7. The number of thioether (sulfide) groups is 1. The Hall–Kier alpha value is -2.52. The molecule has 0 aliphatic carbocycles. The van der Waals surface area contributed by atoms with Gasteiger partial charge in [0.25, 0.3) is 5.91 Å². The minimum atomic E-state index is -0.442. The molecule has 0 radical (unpaired) electrons. The highest BCUT2D eigenvalue weighted by Gasteiger charge is 2.27. The minimum absolute atomic E-state index is 0.00271. The number of carbonyl (C=O) groups excluding carboxylic acids is 2. The van der Waals surface area contributed by atoms with Crippen molar-refractivity contribution in [3.63, 3.8) is 0 Å². The summed E-state index contributed by atoms with van der Waals surface area (Å²) in [4.78, 5) is 25.4. The number of aromatic nitrogens is 3. The van der Waals surface area contributed by atoms with Gasteiger partial charge in [0, 0.05) is 22.3 Å². The van der Waals surface area contributed by atoms with Crippen molar-refractivity contribution in [2.24, 2.45) is 5.92 Å². The Morgan fingerprint density at radius 3 is 2.43 bits per heavy atom. The monoisotopic (exact) mass is 551 g/mol. The van der Waals surface area contributed by atoms with Crippen LogP contribution in [0.25, 0.3) is 0 Å². The van der Waals surface area contributed by atoms with E-state index in [0.717, 1.165) is 0 Å². The summed E-state index contributed by atoms with van der Waals surface area (Å²) >= 11 is 19.4. The molecule has 0 bridgehead atoms. The molecule has 0 aliphatic heterocycles. The van der Waals surface area contributed by atoms with Gasteiger partial charge in [-0.05, 0) is 36.2 Å². The number of hydrogen-bond donors (Lipinski definition) is 2. The van der Waals surface area contributed by atoms with Gasteiger partial charge < -0.3 is 15.2 Å². The summed E-state index contributed by atoms with van der Waals surface area (Å²) in [5.74, 6) is 0.0806. The van der Waals surface area contributed by atoms with E-state index in [9.17, 15) is 9.59 Å². The number of rotatable bonds is 10. The van der Waals surface area contributed by atoms with Crippen molar-refractivity contribution in [2.75, 3.05) is 11.1 Å². The predicted octanol–water partition coefficient (Wildman–Crippen LogP) is 6.28. The number of amides is 2. The van der Waals surface area contributed by atoms with E-state index in [1.165, 1.54) is 11.8 Å². The molecule has 35 heavy (non-hydrogen) atoms. The van der Waals surface area contributed by atoms with Crippen molar-refractivity contribution in [3.05, 3.63) is 81.6 Å². The molecule has 2 aromatic carbocycles. The number of allylic oxidation sites excluding steroid dienone is 1. The van der Waals surface area contributed by atoms with Gasteiger partial charge in [0.05, 0.1) is 22.4 Å². The first kappa shape index (κ1) is 27.1. The zero-order valence-corrected chi connectivity index (χ0v) is 22.2. The number of nitrogens with one attached hydrogen (secondary N) is 2. The Labute approximate surface area is 223 Å². The average molecular weight is 553 g/mol. The van der Waals surface area contributed by atoms with Crippen LogP contribution in [0.3, 0.4) is 0 Å². The van der Waals surface area contributed by atoms with Gasteiger partial charge in [-0.2, -0.15) is 0 Å². The van der Waals surface area contributed by atoms with Gasteiger partial charge in [-0.25, -0.2) is 0 Å². The summed E-state index contributed by atoms with van der Waals surface area (Å²) in [6.07, 6.45) is 1.71. The largest absolute Gasteiger partial charge is 0.342 e. The maximum Gasteiger partial charge on any atom is 0.253 e. The first-order chi connectivity index (χ1) is 16.7. The van der Waals surface area contributed by atoms with E-state index in [2.05, 4.69) is 27.4 Å². The molecule has 1 atom stereocenters. The standard InChI is InChI=1S/C24H24Cl3N5O2S/c1-4-9-32-22(21(14(2)3)29-23(34)18-7-5-6-8-19(18)27)30-31-24(32)35-13-20(33)28-17-11-15(25)10-16(26)12-17/h4-8,10-12,14,21H,1,9,13H2,2-3H3,(H,28,33)(H,29,34)/t21-/m1/s1. The van der Waals surface area contributed by atoms with E-state index in [-0.39, 0.29) is 23.5 Å². The fourth-order valence-electron chi connectivity index (χ4n) is 3.28. The van der Waals surface area contributed by atoms with Gasteiger partial charge in [0.15, 0.2) is 11.0 Å². The third-order valence-corrected chi connectivity index (χ3v) is 6.62. The summed E-state index contributed by atoms with van der Waals surface area (Å²) in [6.45, 7) is 8.17. The van der Waals surface area contributed by atoms with Crippen LogP contribution >= 0.6 is 46.6 Å². The molecule has 3 rings (SSSR count). The highest BCUT2D eigenvalue weighted by atomic mass is 35.5. The Balaban J connectivity index is 1.76. The molecule has 11 heteroatoms. The molecule has 1 heterocycles. The van der Waals surface area contributed by atoms with Crippen molar-refractivity contribution in [1.29, 1.82) is 0 Å². The van der Waals surface area contributed by atoms with E-state index < -0.39 is 6.04 Å². The van der Waals surface area contributed by atoms with Gasteiger partial charge in [-0.3, -0.25) is 9.59 Å². The summed E-state index contributed by atoms with van der Waals surface area (Å²) in [7, 11) is 0. The molecule has 1 aromatic heterocycles. The Kier molecular flexibility index (Phi) is 9.63. The molecule has 0 fully saturated rings. The van der Waals surface area contributed by atoms with Gasteiger partial charge in [0.1, 0.15) is 0 Å². The molecule has 0 unspecified atom stereocenters. The molecule has 2 amide bonds. The second kappa shape index (κ2) is 12.4. The van der Waals surface area contributed by atoms with E-state index in [1.54, 1.807) is 48.5 Å². The fourth-order valence-corrected chi connectivity index (χ4v) is 4.79. The van der Waals surface area contributed by atoms with Crippen LogP contribution in [0.4, 0.5) is 5.69 Å². The Morgan fingerprint density at radius 1 is 1.11 bits per heavy atom. The van der Waals surface area contributed by atoms with Crippen molar-refractivity contribution in [2.45, 2.75) is 31.6 Å². The maximum atomic E-state index is 12.9. The van der Waals surface area contributed by atoms with Crippen molar-refractivity contribution < 1.29 is 9.59 Å². The molecule has 0 saturated heterocycles. The smallest absolute Gasteiger partial charge is 0.253 e. The van der Waals surface area contributed by atoms with Gasteiger partial charge in [-0.15, -0.1) is 16.8 Å². The number of halogens is 3. The molecule has 3 aromatic rings. The molecule has 7 nitrogen and oxygen atoms in total. The molecule has 2 N–H and O–H groups in total. The normalized spacial score (nSPS) is 11.8. The first-order valence-corrected chi connectivity index (χ1v) is 12.8. The fraction of sp³-hybridized carbons (Fsp3) is 0.250.